The maximum Gasteiger partial charge on any atom is 0.238 e. The summed E-state index contributed by atoms with van der Waals surface area (Å²) in [5.74, 6) is -0.171. The Labute approximate surface area is 175 Å². The maximum absolute atomic E-state index is 12.5. The number of amides is 2. The molecule has 27 heavy (non-hydrogen) atoms. The molecule has 1 fully saturated rings. The summed E-state index contributed by atoms with van der Waals surface area (Å²) in [7, 11) is 0. The van der Waals surface area contributed by atoms with E-state index in [0.717, 1.165) is 39.7 Å². The number of rotatable bonds is 5. The first-order chi connectivity index (χ1) is 13.0. The summed E-state index contributed by atoms with van der Waals surface area (Å²) < 4.78 is 1.76. The van der Waals surface area contributed by atoms with Gasteiger partial charge in [-0.2, -0.15) is 0 Å². The second-order valence-corrected chi connectivity index (χ2v) is 8.37. The first-order valence-electron chi connectivity index (χ1n) is 8.84. The lowest BCUT2D eigenvalue weighted by Gasteiger charge is -2.31. The van der Waals surface area contributed by atoms with Crippen molar-refractivity contribution in [3.63, 3.8) is 0 Å². The molecule has 0 aromatic heterocycles. The average Bonchev–Trinajstić information content (AvgIpc) is 2.65. The molecule has 0 aliphatic carbocycles. The summed E-state index contributed by atoms with van der Waals surface area (Å²) in [5.41, 5.74) is 1.54. The van der Waals surface area contributed by atoms with Gasteiger partial charge in [-0.15, -0.1) is 0 Å². The number of nitrogens with one attached hydrogen (secondary N) is 2. The van der Waals surface area contributed by atoms with Gasteiger partial charge in [-0.3, -0.25) is 14.5 Å². The minimum absolute atomic E-state index is 0.0157. The second-order valence-electron chi connectivity index (χ2n) is 6.60. The number of hydrogen-bond donors (Lipinski definition) is 2. The Morgan fingerprint density at radius 1 is 1.07 bits per heavy atom. The minimum Gasteiger partial charge on any atom is -0.326 e. The molecule has 2 amide bonds. The Morgan fingerprint density at radius 3 is 2.59 bits per heavy atom. The fourth-order valence-electron chi connectivity index (χ4n) is 3.16. The summed E-state index contributed by atoms with van der Waals surface area (Å²) >= 11 is 6.85. The minimum atomic E-state index is -0.105. The Kier molecular flexibility index (Phi) is 7.04. The van der Waals surface area contributed by atoms with Crippen molar-refractivity contribution in [2.75, 3.05) is 30.3 Å². The van der Waals surface area contributed by atoms with Crippen molar-refractivity contribution >= 4 is 55.0 Å². The van der Waals surface area contributed by atoms with Crippen LogP contribution in [0.5, 0.6) is 0 Å². The van der Waals surface area contributed by atoms with Gasteiger partial charge in [0.1, 0.15) is 0 Å². The maximum atomic E-state index is 12.5. The van der Waals surface area contributed by atoms with Gasteiger partial charge in [-0.05, 0) is 65.6 Å². The van der Waals surface area contributed by atoms with E-state index in [2.05, 4.69) is 42.5 Å². The van der Waals surface area contributed by atoms with Crippen LogP contribution in [0.15, 0.2) is 57.5 Å². The Balaban J connectivity index is 1.53. The fourth-order valence-corrected chi connectivity index (χ4v) is 4.31. The molecule has 0 saturated carbocycles. The van der Waals surface area contributed by atoms with Crippen LogP contribution in [0.4, 0.5) is 11.4 Å². The molecule has 1 atom stereocenters. The van der Waals surface area contributed by atoms with Gasteiger partial charge in [0.15, 0.2) is 0 Å². The van der Waals surface area contributed by atoms with Crippen LogP contribution in [-0.4, -0.2) is 36.3 Å². The number of carbonyl (C=O) groups is 2. The Hall–Kier alpha value is -1.70. The third-order valence-corrected chi connectivity index (χ3v) is 5.64. The lowest BCUT2D eigenvalue weighted by Crippen LogP contribution is -2.44. The molecule has 1 heterocycles. The van der Waals surface area contributed by atoms with Crippen molar-refractivity contribution in [3.8, 4) is 0 Å². The molecular weight excluding hydrogens is 474 g/mol. The topological polar surface area (TPSA) is 61.4 Å². The number of hydrogen-bond acceptors (Lipinski definition) is 3. The molecule has 0 spiro atoms. The molecule has 1 aliphatic heterocycles. The summed E-state index contributed by atoms with van der Waals surface area (Å²) in [4.78, 5) is 27.0. The largest absolute Gasteiger partial charge is 0.326 e. The first kappa shape index (κ1) is 20.0. The third-order valence-electron chi connectivity index (χ3n) is 4.49. The van der Waals surface area contributed by atoms with Crippen LogP contribution in [0, 0.1) is 5.92 Å². The van der Waals surface area contributed by atoms with Crippen molar-refractivity contribution < 1.29 is 9.59 Å². The number of para-hydroxylation sites is 1. The number of halogens is 2. The van der Waals surface area contributed by atoms with Gasteiger partial charge in [-0.1, -0.05) is 34.1 Å². The lowest BCUT2D eigenvalue weighted by molar-refractivity contribution is -0.123. The van der Waals surface area contributed by atoms with Crippen LogP contribution in [0.25, 0.3) is 0 Å². The first-order valence-corrected chi connectivity index (χ1v) is 10.4. The predicted octanol–water partition coefficient (Wildman–Crippen LogP) is 4.50. The van der Waals surface area contributed by atoms with E-state index in [0.29, 0.717) is 6.54 Å². The molecule has 0 unspecified atom stereocenters. The number of likely N-dealkylation sites (tertiary alicyclic amines) is 1. The summed E-state index contributed by atoms with van der Waals surface area (Å²) in [6.07, 6.45) is 1.75. The second kappa shape index (κ2) is 9.48. The van der Waals surface area contributed by atoms with E-state index in [9.17, 15) is 9.59 Å². The van der Waals surface area contributed by atoms with Gasteiger partial charge in [0, 0.05) is 21.2 Å². The summed E-state index contributed by atoms with van der Waals surface area (Å²) in [6, 6.07) is 15.1. The number of carbonyl (C=O) groups excluding carboxylic acids is 2. The van der Waals surface area contributed by atoms with Crippen LogP contribution < -0.4 is 10.6 Å². The normalized spacial score (nSPS) is 17.3. The molecule has 7 heteroatoms. The standard InChI is InChI=1S/C20H21Br2N3O2/c21-15-8-9-18(17(22)11-15)24-19(26)13-25-10-4-5-14(12-25)20(27)23-16-6-2-1-3-7-16/h1-3,6-9,11,14H,4-5,10,12-13H2,(H,23,27)(H,24,26)/t14-/m0/s1. The lowest BCUT2D eigenvalue weighted by atomic mass is 9.97. The molecule has 3 rings (SSSR count). The Morgan fingerprint density at radius 2 is 1.85 bits per heavy atom. The molecule has 1 aliphatic rings. The van der Waals surface area contributed by atoms with Gasteiger partial charge in [-0.25, -0.2) is 0 Å². The van der Waals surface area contributed by atoms with Gasteiger partial charge in [0.2, 0.25) is 11.8 Å². The van der Waals surface area contributed by atoms with Gasteiger partial charge in [0.05, 0.1) is 18.2 Å². The number of piperidine rings is 1. The van der Waals surface area contributed by atoms with E-state index in [1.807, 2.05) is 53.4 Å². The number of nitrogens with zero attached hydrogens (tertiary/aromatic N) is 1. The Bertz CT molecular complexity index is 814. The highest BCUT2D eigenvalue weighted by Gasteiger charge is 2.27. The molecule has 2 N–H and O–H groups in total. The molecule has 0 radical (unpaired) electrons. The highest BCUT2D eigenvalue weighted by Crippen LogP contribution is 2.26. The fraction of sp³-hybridized carbons (Fsp3) is 0.300. The van der Waals surface area contributed by atoms with E-state index < -0.39 is 0 Å². The summed E-state index contributed by atoms with van der Waals surface area (Å²) in [6.45, 7) is 1.69. The molecule has 1 saturated heterocycles. The van der Waals surface area contributed by atoms with Gasteiger partial charge < -0.3 is 10.6 Å². The highest BCUT2D eigenvalue weighted by atomic mass is 79.9. The molecule has 5 nitrogen and oxygen atoms in total. The van der Waals surface area contributed by atoms with Crippen molar-refractivity contribution in [3.05, 3.63) is 57.5 Å². The van der Waals surface area contributed by atoms with E-state index >= 15 is 0 Å². The SMILES string of the molecule is O=C(CN1CCC[C@H](C(=O)Nc2ccccc2)C1)Nc1ccc(Br)cc1Br. The number of anilines is 2. The van der Waals surface area contributed by atoms with Gasteiger partial charge >= 0.3 is 0 Å². The van der Waals surface area contributed by atoms with E-state index in [1.54, 1.807) is 0 Å². The van der Waals surface area contributed by atoms with Crippen molar-refractivity contribution in [2.24, 2.45) is 5.92 Å². The molecule has 2 aromatic carbocycles. The van der Waals surface area contributed by atoms with Crippen LogP contribution in [-0.2, 0) is 9.59 Å². The molecule has 2 aromatic rings. The van der Waals surface area contributed by atoms with Crippen LogP contribution in [0.3, 0.4) is 0 Å². The highest BCUT2D eigenvalue weighted by molar-refractivity contribution is 9.11. The van der Waals surface area contributed by atoms with Crippen LogP contribution >= 0.6 is 31.9 Å². The van der Waals surface area contributed by atoms with Crippen molar-refractivity contribution in [2.45, 2.75) is 12.8 Å². The molecular formula is C20H21Br2N3O2. The smallest absolute Gasteiger partial charge is 0.238 e. The zero-order valence-electron chi connectivity index (χ0n) is 14.8. The average molecular weight is 495 g/mol. The van der Waals surface area contributed by atoms with E-state index in [1.165, 1.54) is 0 Å². The van der Waals surface area contributed by atoms with Crippen molar-refractivity contribution in [1.29, 1.82) is 0 Å². The van der Waals surface area contributed by atoms with Crippen LogP contribution in [0.2, 0.25) is 0 Å². The van der Waals surface area contributed by atoms with Gasteiger partial charge in [0.25, 0.3) is 0 Å². The number of benzene rings is 2. The van der Waals surface area contributed by atoms with E-state index in [4.69, 9.17) is 0 Å². The molecule has 0 bridgehead atoms. The van der Waals surface area contributed by atoms with E-state index in [-0.39, 0.29) is 24.3 Å². The predicted molar refractivity (Wildman–Crippen MR) is 115 cm³/mol. The summed E-state index contributed by atoms with van der Waals surface area (Å²) in [5, 5.41) is 5.88. The molecule has 142 valence electrons. The van der Waals surface area contributed by atoms with Crippen LogP contribution in [0.1, 0.15) is 12.8 Å². The zero-order valence-corrected chi connectivity index (χ0v) is 17.9. The van der Waals surface area contributed by atoms with Crippen molar-refractivity contribution in [1.82, 2.24) is 4.90 Å². The monoisotopic (exact) mass is 493 g/mol. The third kappa shape index (κ3) is 5.89. The zero-order chi connectivity index (χ0) is 19.2. The quantitative estimate of drug-likeness (QED) is 0.643.